The van der Waals surface area contributed by atoms with Crippen molar-refractivity contribution in [2.75, 3.05) is 5.75 Å². The summed E-state index contributed by atoms with van der Waals surface area (Å²) in [6, 6.07) is 0.245. The molecule has 1 N–H and O–H groups in total. The molecule has 6 heteroatoms. The number of carboxylic acids is 1. The molecule has 0 unspecified atom stereocenters. The van der Waals surface area contributed by atoms with Crippen LogP contribution >= 0.6 is 11.8 Å². The predicted octanol–water partition coefficient (Wildman–Crippen LogP) is 3.26. The first-order valence-electron chi connectivity index (χ1n) is 7.24. The van der Waals surface area contributed by atoms with E-state index in [1.807, 2.05) is 0 Å². The van der Waals surface area contributed by atoms with Gasteiger partial charge in [0.25, 0.3) is 0 Å². The second-order valence-corrected chi connectivity index (χ2v) is 7.02. The molecule has 20 heavy (non-hydrogen) atoms. The number of aliphatic carboxylic acids is 1. The number of hydrogen-bond acceptors (Lipinski definition) is 4. The Bertz CT molecular complexity index is 479. The van der Waals surface area contributed by atoms with E-state index >= 15 is 0 Å². The molecule has 1 saturated carbocycles. The van der Waals surface area contributed by atoms with E-state index in [-0.39, 0.29) is 17.2 Å². The number of aromatic nitrogens is 3. The molecular weight excluding hydrogens is 274 g/mol. The van der Waals surface area contributed by atoms with E-state index in [0.717, 1.165) is 23.8 Å². The third-order valence-electron chi connectivity index (χ3n) is 4.00. The first-order valence-corrected chi connectivity index (χ1v) is 8.22. The van der Waals surface area contributed by atoms with Crippen LogP contribution in [0.3, 0.4) is 0 Å². The first-order chi connectivity index (χ1) is 9.44. The predicted molar refractivity (Wildman–Crippen MR) is 79.2 cm³/mol. The summed E-state index contributed by atoms with van der Waals surface area (Å²) in [6.45, 7) is 6.47. The number of nitrogens with zero attached hydrogens (tertiary/aromatic N) is 3. The maximum Gasteiger partial charge on any atom is 0.313 e. The van der Waals surface area contributed by atoms with E-state index in [1.54, 1.807) is 0 Å². The first kappa shape index (κ1) is 15.4. The maximum atomic E-state index is 10.7. The summed E-state index contributed by atoms with van der Waals surface area (Å²) in [5, 5.41) is 18.2. The van der Waals surface area contributed by atoms with Crippen LogP contribution in [-0.4, -0.2) is 31.6 Å². The maximum absolute atomic E-state index is 10.7. The van der Waals surface area contributed by atoms with Crippen LogP contribution in [0.15, 0.2) is 5.16 Å². The van der Waals surface area contributed by atoms with Gasteiger partial charge in [0.15, 0.2) is 5.16 Å². The molecule has 1 aliphatic carbocycles. The molecule has 1 fully saturated rings. The molecule has 2 rings (SSSR count). The van der Waals surface area contributed by atoms with E-state index in [0.29, 0.717) is 0 Å². The van der Waals surface area contributed by atoms with Crippen LogP contribution in [0.25, 0.3) is 0 Å². The van der Waals surface area contributed by atoms with Crippen LogP contribution in [-0.2, 0) is 10.2 Å². The molecule has 1 aromatic rings. The standard InChI is InChI=1S/C14H23N3O2S/c1-10(2)17-12(14(3)7-5-4-6-8-14)15-16-13(17)20-9-11(18)19/h10H,4-9H2,1-3H3,(H,18,19). The zero-order valence-electron chi connectivity index (χ0n) is 12.4. The van der Waals surface area contributed by atoms with Gasteiger partial charge in [0.05, 0.1) is 5.75 Å². The number of carbonyl (C=O) groups is 1. The zero-order valence-corrected chi connectivity index (χ0v) is 13.2. The Hall–Kier alpha value is -1.04. The fourth-order valence-corrected chi connectivity index (χ4v) is 3.72. The Labute approximate surface area is 124 Å². The molecule has 0 atom stereocenters. The van der Waals surface area contributed by atoms with Crippen molar-refractivity contribution >= 4 is 17.7 Å². The molecule has 0 aromatic carbocycles. The molecule has 0 aliphatic heterocycles. The average Bonchev–Trinajstić information content (AvgIpc) is 2.82. The van der Waals surface area contributed by atoms with Gasteiger partial charge in [0.1, 0.15) is 5.82 Å². The lowest BCUT2D eigenvalue weighted by Crippen LogP contribution is -2.30. The van der Waals surface area contributed by atoms with Crippen molar-refractivity contribution < 1.29 is 9.90 Å². The Morgan fingerprint density at radius 3 is 2.55 bits per heavy atom. The third kappa shape index (κ3) is 3.16. The molecule has 5 nitrogen and oxygen atoms in total. The summed E-state index contributed by atoms with van der Waals surface area (Å²) in [7, 11) is 0. The van der Waals surface area contributed by atoms with Gasteiger partial charge in [-0.05, 0) is 26.7 Å². The zero-order chi connectivity index (χ0) is 14.8. The van der Waals surface area contributed by atoms with Crippen LogP contribution in [0.1, 0.15) is 64.7 Å². The van der Waals surface area contributed by atoms with Crippen LogP contribution < -0.4 is 0 Å². The van der Waals surface area contributed by atoms with Gasteiger partial charge in [0.2, 0.25) is 0 Å². The molecule has 1 aromatic heterocycles. The van der Waals surface area contributed by atoms with Crippen LogP contribution in [0.4, 0.5) is 0 Å². The van der Waals surface area contributed by atoms with E-state index in [4.69, 9.17) is 5.11 Å². The summed E-state index contributed by atoms with van der Waals surface area (Å²) < 4.78 is 2.12. The van der Waals surface area contributed by atoms with Gasteiger partial charge >= 0.3 is 5.97 Å². The number of rotatable bonds is 5. The highest BCUT2D eigenvalue weighted by atomic mass is 32.2. The number of carboxylic acid groups (broad SMARTS) is 1. The summed E-state index contributed by atoms with van der Waals surface area (Å²) in [4.78, 5) is 10.7. The van der Waals surface area contributed by atoms with Crippen molar-refractivity contribution in [1.29, 1.82) is 0 Å². The van der Waals surface area contributed by atoms with E-state index < -0.39 is 5.97 Å². The van der Waals surface area contributed by atoms with Gasteiger partial charge in [-0.25, -0.2) is 0 Å². The topological polar surface area (TPSA) is 68.0 Å². The highest BCUT2D eigenvalue weighted by molar-refractivity contribution is 7.99. The van der Waals surface area contributed by atoms with Crippen LogP contribution in [0.5, 0.6) is 0 Å². The Morgan fingerprint density at radius 2 is 2.00 bits per heavy atom. The fourth-order valence-electron chi connectivity index (χ4n) is 2.93. The second-order valence-electron chi connectivity index (χ2n) is 6.07. The van der Waals surface area contributed by atoms with Gasteiger partial charge in [-0.2, -0.15) is 0 Å². The SMILES string of the molecule is CC(C)n1c(SCC(=O)O)nnc1C1(C)CCCCC1. The van der Waals surface area contributed by atoms with Crippen molar-refractivity contribution in [2.45, 2.75) is 69.5 Å². The van der Waals surface area contributed by atoms with Gasteiger partial charge in [-0.1, -0.05) is 37.9 Å². The number of hydrogen-bond donors (Lipinski definition) is 1. The van der Waals surface area contributed by atoms with Crippen LogP contribution in [0.2, 0.25) is 0 Å². The second kappa shape index (κ2) is 6.16. The molecule has 0 radical (unpaired) electrons. The molecular formula is C14H23N3O2S. The normalized spacial score (nSPS) is 18.4. The van der Waals surface area contributed by atoms with Crippen molar-refractivity contribution in [3.05, 3.63) is 5.82 Å². The molecule has 0 spiro atoms. The lowest BCUT2D eigenvalue weighted by molar-refractivity contribution is -0.133. The highest BCUT2D eigenvalue weighted by Gasteiger charge is 2.35. The van der Waals surface area contributed by atoms with Gasteiger partial charge < -0.3 is 9.67 Å². The number of thioether (sulfide) groups is 1. The van der Waals surface area contributed by atoms with Crippen molar-refractivity contribution in [3.63, 3.8) is 0 Å². The Balaban J connectivity index is 2.31. The minimum absolute atomic E-state index is 0.0293. The lowest BCUT2D eigenvalue weighted by atomic mass is 9.75. The molecule has 0 amide bonds. The van der Waals surface area contributed by atoms with E-state index in [2.05, 4.69) is 35.5 Å². The summed E-state index contributed by atoms with van der Waals surface area (Å²) >= 11 is 1.26. The Kier molecular flexibility index (Phi) is 4.73. The monoisotopic (exact) mass is 297 g/mol. The molecule has 1 aliphatic rings. The third-order valence-corrected chi connectivity index (χ3v) is 4.93. The molecule has 1 heterocycles. The van der Waals surface area contributed by atoms with Gasteiger partial charge in [-0.3, -0.25) is 4.79 Å². The van der Waals surface area contributed by atoms with E-state index in [1.165, 1.54) is 31.0 Å². The summed E-state index contributed by atoms with van der Waals surface area (Å²) in [5.74, 6) is 0.237. The fraction of sp³-hybridized carbons (Fsp3) is 0.786. The van der Waals surface area contributed by atoms with Crippen molar-refractivity contribution in [3.8, 4) is 0 Å². The van der Waals surface area contributed by atoms with Crippen molar-refractivity contribution in [1.82, 2.24) is 14.8 Å². The van der Waals surface area contributed by atoms with Gasteiger partial charge in [-0.15, -0.1) is 10.2 Å². The highest BCUT2D eigenvalue weighted by Crippen LogP contribution is 2.40. The minimum Gasteiger partial charge on any atom is -0.481 e. The van der Waals surface area contributed by atoms with Crippen LogP contribution in [0, 0.1) is 0 Å². The smallest absolute Gasteiger partial charge is 0.313 e. The van der Waals surface area contributed by atoms with Crippen molar-refractivity contribution in [2.24, 2.45) is 0 Å². The largest absolute Gasteiger partial charge is 0.481 e. The van der Waals surface area contributed by atoms with E-state index in [9.17, 15) is 4.79 Å². The molecule has 0 saturated heterocycles. The summed E-state index contributed by atoms with van der Waals surface area (Å²) in [5.41, 5.74) is 0.0809. The Morgan fingerprint density at radius 1 is 1.35 bits per heavy atom. The lowest BCUT2D eigenvalue weighted by Gasteiger charge is -2.33. The molecule has 112 valence electrons. The summed E-state index contributed by atoms with van der Waals surface area (Å²) in [6.07, 6.45) is 6.05. The average molecular weight is 297 g/mol. The molecule has 0 bridgehead atoms. The quantitative estimate of drug-likeness (QED) is 0.845. The minimum atomic E-state index is -0.821. The van der Waals surface area contributed by atoms with Gasteiger partial charge in [0, 0.05) is 11.5 Å².